The number of anilines is 2. The maximum atomic E-state index is 12.1. The Morgan fingerprint density at radius 2 is 2.25 bits per heavy atom. The molecule has 3 rings (SSSR count). The van der Waals surface area contributed by atoms with Crippen LogP contribution in [-0.2, 0) is 14.3 Å². The Balaban J connectivity index is 1.75. The molecule has 2 heterocycles. The summed E-state index contributed by atoms with van der Waals surface area (Å²) in [6, 6.07) is 5.24. The molecule has 6 nitrogen and oxygen atoms in total. The van der Waals surface area contributed by atoms with Crippen molar-refractivity contribution in [2.45, 2.75) is 25.4 Å². The minimum atomic E-state index is -0.405. The summed E-state index contributed by atoms with van der Waals surface area (Å²) in [5, 5.41) is 5.52. The van der Waals surface area contributed by atoms with Gasteiger partial charge in [-0.3, -0.25) is 9.59 Å². The molecular weight excluding hydrogens is 260 g/mol. The van der Waals surface area contributed by atoms with E-state index in [1.165, 1.54) is 0 Å². The first-order valence-electron chi connectivity index (χ1n) is 6.72. The molecule has 2 aliphatic rings. The normalized spacial score (nSPS) is 21.4. The molecule has 2 aliphatic heterocycles. The zero-order valence-electron chi connectivity index (χ0n) is 11.0. The van der Waals surface area contributed by atoms with Crippen molar-refractivity contribution >= 4 is 23.2 Å². The maximum absolute atomic E-state index is 12.1. The molecule has 0 aliphatic carbocycles. The van der Waals surface area contributed by atoms with Crippen LogP contribution in [0.25, 0.3) is 0 Å². The molecule has 0 radical (unpaired) electrons. The van der Waals surface area contributed by atoms with Gasteiger partial charge in [-0.1, -0.05) is 6.07 Å². The van der Waals surface area contributed by atoms with Gasteiger partial charge in [0, 0.05) is 6.61 Å². The fourth-order valence-corrected chi connectivity index (χ4v) is 2.37. The quantitative estimate of drug-likeness (QED) is 0.858. The van der Waals surface area contributed by atoms with E-state index in [-0.39, 0.29) is 18.4 Å². The van der Waals surface area contributed by atoms with E-state index in [2.05, 4.69) is 10.6 Å². The third kappa shape index (κ3) is 2.60. The van der Waals surface area contributed by atoms with Crippen molar-refractivity contribution in [2.24, 2.45) is 0 Å². The second-order valence-electron chi connectivity index (χ2n) is 4.86. The van der Waals surface area contributed by atoms with Gasteiger partial charge < -0.3 is 20.1 Å². The van der Waals surface area contributed by atoms with E-state index in [0.717, 1.165) is 19.3 Å². The molecule has 6 heteroatoms. The van der Waals surface area contributed by atoms with E-state index < -0.39 is 6.10 Å². The smallest absolute Gasteiger partial charge is 0.262 e. The highest BCUT2D eigenvalue weighted by molar-refractivity contribution is 6.01. The second kappa shape index (κ2) is 5.50. The average molecular weight is 276 g/mol. The second-order valence-corrected chi connectivity index (χ2v) is 4.86. The fraction of sp³-hybridized carbons (Fsp3) is 0.429. The van der Waals surface area contributed by atoms with E-state index in [4.69, 9.17) is 9.47 Å². The van der Waals surface area contributed by atoms with Crippen LogP contribution in [0.1, 0.15) is 19.3 Å². The molecule has 2 amide bonds. The molecule has 0 spiro atoms. The van der Waals surface area contributed by atoms with Crippen molar-refractivity contribution in [3.8, 4) is 5.75 Å². The van der Waals surface area contributed by atoms with Crippen LogP contribution >= 0.6 is 0 Å². The molecule has 1 atom stereocenters. The standard InChI is InChI=1S/C14H16N2O4/c17-12-8-20-13-9(15-12)4-3-5-10(13)16-14(18)11-6-1-2-7-19-11/h3-5,11H,1-2,6-8H2,(H,15,17)(H,16,18). The van der Waals surface area contributed by atoms with Crippen LogP contribution in [-0.4, -0.2) is 31.1 Å². The van der Waals surface area contributed by atoms with Gasteiger partial charge in [-0.15, -0.1) is 0 Å². The molecule has 0 bridgehead atoms. The lowest BCUT2D eigenvalue weighted by Crippen LogP contribution is -2.33. The molecule has 0 aromatic heterocycles. The first-order valence-corrected chi connectivity index (χ1v) is 6.72. The molecule has 1 aromatic carbocycles. The third-order valence-corrected chi connectivity index (χ3v) is 3.37. The van der Waals surface area contributed by atoms with Gasteiger partial charge in [0.2, 0.25) is 0 Å². The lowest BCUT2D eigenvalue weighted by atomic mass is 10.1. The zero-order valence-corrected chi connectivity index (χ0v) is 11.0. The topological polar surface area (TPSA) is 76.7 Å². The Kier molecular flexibility index (Phi) is 3.56. The van der Waals surface area contributed by atoms with Crippen LogP contribution < -0.4 is 15.4 Å². The van der Waals surface area contributed by atoms with Crippen LogP contribution in [0.15, 0.2) is 18.2 Å². The number of fused-ring (bicyclic) bond motifs is 1. The Morgan fingerprint density at radius 3 is 3.05 bits per heavy atom. The number of hydrogen-bond donors (Lipinski definition) is 2. The van der Waals surface area contributed by atoms with Gasteiger partial charge in [-0.25, -0.2) is 0 Å². The molecule has 0 saturated carbocycles. The number of nitrogens with one attached hydrogen (secondary N) is 2. The number of ether oxygens (including phenoxy) is 2. The molecule has 106 valence electrons. The lowest BCUT2D eigenvalue weighted by Gasteiger charge is -2.24. The van der Waals surface area contributed by atoms with E-state index in [0.29, 0.717) is 23.7 Å². The van der Waals surface area contributed by atoms with E-state index >= 15 is 0 Å². The Hall–Kier alpha value is -2.08. The van der Waals surface area contributed by atoms with E-state index in [1.807, 2.05) is 0 Å². The van der Waals surface area contributed by atoms with Crippen LogP contribution in [0.5, 0.6) is 5.75 Å². The van der Waals surface area contributed by atoms with Crippen molar-refractivity contribution < 1.29 is 19.1 Å². The molecule has 20 heavy (non-hydrogen) atoms. The van der Waals surface area contributed by atoms with Gasteiger partial charge in [0.15, 0.2) is 12.4 Å². The number of para-hydroxylation sites is 1. The highest BCUT2D eigenvalue weighted by Crippen LogP contribution is 2.35. The lowest BCUT2D eigenvalue weighted by molar-refractivity contribution is -0.130. The number of benzene rings is 1. The van der Waals surface area contributed by atoms with Crippen molar-refractivity contribution in [2.75, 3.05) is 23.8 Å². The number of rotatable bonds is 2. The van der Waals surface area contributed by atoms with E-state index in [1.54, 1.807) is 18.2 Å². The summed E-state index contributed by atoms with van der Waals surface area (Å²) in [5.74, 6) is 0.131. The highest BCUT2D eigenvalue weighted by Gasteiger charge is 2.25. The molecule has 1 unspecified atom stereocenters. The first-order chi connectivity index (χ1) is 9.74. The number of carbonyl (C=O) groups excluding carboxylic acids is 2. The number of hydrogen-bond acceptors (Lipinski definition) is 4. The van der Waals surface area contributed by atoms with Crippen LogP contribution in [0.4, 0.5) is 11.4 Å². The summed E-state index contributed by atoms with van der Waals surface area (Å²) in [6.07, 6.45) is 2.33. The highest BCUT2D eigenvalue weighted by atomic mass is 16.5. The van der Waals surface area contributed by atoms with Crippen LogP contribution in [0, 0.1) is 0 Å². The van der Waals surface area contributed by atoms with Gasteiger partial charge >= 0.3 is 0 Å². The summed E-state index contributed by atoms with van der Waals surface area (Å²) in [4.78, 5) is 23.4. The van der Waals surface area contributed by atoms with Crippen molar-refractivity contribution in [3.05, 3.63) is 18.2 Å². The summed E-state index contributed by atoms with van der Waals surface area (Å²) >= 11 is 0. The maximum Gasteiger partial charge on any atom is 0.262 e. The average Bonchev–Trinajstić information content (AvgIpc) is 2.48. The summed E-state index contributed by atoms with van der Waals surface area (Å²) in [6.45, 7) is 0.581. The summed E-state index contributed by atoms with van der Waals surface area (Å²) < 4.78 is 10.8. The SMILES string of the molecule is O=C1COc2c(cccc2NC(=O)C2CCCCO2)N1. The number of amides is 2. The molecule has 2 N–H and O–H groups in total. The summed E-state index contributed by atoms with van der Waals surface area (Å²) in [5.41, 5.74) is 1.13. The summed E-state index contributed by atoms with van der Waals surface area (Å²) in [7, 11) is 0. The minimum Gasteiger partial charge on any atom is -0.479 e. The number of carbonyl (C=O) groups is 2. The first kappa shape index (κ1) is 12.9. The van der Waals surface area contributed by atoms with E-state index in [9.17, 15) is 9.59 Å². The molecule has 1 saturated heterocycles. The van der Waals surface area contributed by atoms with Crippen LogP contribution in [0.2, 0.25) is 0 Å². The van der Waals surface area contributed by atoms with Gasteiger partial charge in [0.25, 0.3) is 11.8 Å². The van der Waals surface area contributed by atoms with Crippen LogP contribution in [0.3, 0.4) is 0 Å². The van der Waals surface area contributed by atoms with Crippen molar-refractivity contribution in [3.63, 3.8) is 0 Å². The van der Waals surface area contributed by atoms with Gasteiger partial charge in [0.1, 0.15) is 6.10 Å². The fourth-order valence-electron chi connectivity index (χ4n) is 2.37. The molecule has 1 aromatic rings. The zero-order chi connectivity index (χ0) is 13.9. The molecular formula is C14H16N2O4. The Labute approximate surface area is 116 Å². The van der Waals surface area contributed by atoms with Crippen molar-refractivity contribution in [1.82, 2.24) is 0 Å². The molecule has 1 fully saturated rings. The Bertz CT molecular complexity index is 538. The predicted molar refractivity (Wildman–Crippen MR) is 72.8 cm³/mol. The largest absolute Gasteiger partial charge is 0.479 e. The van der Waals surface area contributed by atoms with Crippen molar-refractivity contribution in [1.29, 1.82) is 0 Å². The van der Waals surface area contributed by atoms with Gasteiger partial charge in [0.05, 0.1) is 11.4 Å². The van der Waals surface area contributed by atoms with Gasteiger partial charge in [-0.2, -0.15) is 0 Å². The third-order valence-electron chi connectivity index (χ3n) is 3.37. The monoisotopic (exact) mass is 276 g/mol. The minimum absolute atomic E-state index is 0.0419. The Morgan fingerprint density at radius 1 is 1.35 bits per heavy atom. The van der Waals surface area contributed by atoms with Gasteiger partial charge in [-0.05, 0) is 31.4 Å². The predicted octanol–water partition coefficient (Wildman–Crippen LogP) is 1.53.